The van der Waals surface area contributed by atoms with Crippen LogP contribution in [-0.2, 0) is 6.42 Å². The van der Waals surface area contributed by atoms with Crippen molar-refractivity contribution >= 4 is 0 Å². The van der Waals surface area contributed by atoms with Crippen LogP contribution in [0.1, 0.15) is 25.5 Å². The summed E-state index contributed by atoms with van der Waals surface area (Å²) in [6.45, 7) is 6.90. The van der Waals surface area contributed by atoms with Crippen molar-refractivity contribution in [2.75, 3.05) is 26.2 Å². The van der Waals surface area contributed by atoms with Crippen molar-refractivity contribution in [1.82, 2.24) is 15.2 Å². The number of hydrogen-bond donors (Lipinski definition) is 1. The maximum absolute atomic E-state index is 4.38. The monoisotopic (exact) mass is 233 g/mol. The molecular formula is C14H23N3. The first-order valence-corrected chi connectivity index (χ1v) is 6.74. The average Bonchev–Trinajstić information content (AvgIpc) is 2.39. The number of rotatable bonds is 5. The summed E-state index contributed by atoms with van der Waals surface area (Å²) < 4.78 is 0. The van der Waals surface area contributed by atoms with Gasteiger partial charge in [-0.05, 0) is 18.6 Å². The highest BCUT2D eigenvalue weighted by Gasteiger charge is 2.17. The topological polar surface area (TPSA) is 28.2 Å². The SMILES string of the molecule is CCCC1CN(CCc2ccccn2)CCN1. The van der Waals surface area contributed by atoms with Crippen LogP contribution in [0.5, 0.6) is 0 Å². The average molecular weight is 233 g/mol. The zero-order valence-corrected chi connectivity index (χ0v) is 10.7. The highest BCUT2D eigenvalue weighted by Crippen LogP contribution is 2.06. The lowest BCUT2D eigenvalue weighted by Crippen LogP contribution is -2.50. The Balaban J connectivity index is 1.75. The van der Waals surface area contributed by atoms with Crippen molar-refractivity contribution < 1.29 is 0 Å². The number of nitrogens with zero attached hydrogens (tertiary/aromatic N) is 2. The summed E-state index contributed by atoms with van der Waals surface area (Å²) in [5, 5.41) is 3.59. The second-order valence-corrected chi connectivity index (χ2v) is 4.81. The molecule has 1 N–H and O–H groups in total. The molecule has 94 valence electrons. The number of aromatic nitrogens is 1. The molecule has 1 unspecified atom stereocenters. The van der Waals surface area contributed by atoms with Crippen molar-refractivity contribution in [2.24, 2.45) is 0 Å². The van der Waals surface area contributed by atoms with Crippen molar-refractivity contribution in [3.05, 3.63) is 30.1 Å². The van der Waals surface area contributed by atoms with E-state index in [1.807, 2.05) is 12.3 Å². The van der Waals surface area contributed by atoms with Crippen LogP contribution in [-0.4, -0.2) is 42.1 Å². The second kappa shape index (κ2) is 6.72. The van der Waals surface area contributed by atoms with Crippen LogP contribution >= 0.6 is 0 Å². The predicted molar refractivity (Wildman–Crippen MR) is 71.1 cm³/mol. The van der Waals surface area contributed by atoms with Gasteiger partial charge in [0, 0.05) is 50.5 Å². The number of hydrogen-bond acceptors (Lipinski definition) is 3. The molecule has 3 nitrogen and oxygen atoms in total. The fourth-order valence-electron chi connectivity index (χ4n) is 2.46. The van der Waals surface area contributed by atoms with Gasteiger partial charge in [-0.15, -0.1) is 0 Å². The Morgan fingerprint density at radius 3 is 3.18 bits per heavy atom. The van der Waals surface area contributed by atoms with Crippen LogP contribution < -0.4 is 5.32 Å². The summed E-state index contributed by atoms with van der Waals surface area (Å²) in [5.41, 5.74) is 1.21. The molecule has 0 aliphatic carbocycles. The molecule has 0 amide bonds. The molecule has 1 atom stereocenters. The van der Waals surface area contributed by atoms with Crippen LogP contribution in [0.15, 0.2) is 24.4 Å². The summed E-state index contributed by atoms with van der Waals surface area (Å²) in [7, 11) is 0. The molecular weight excluding hydrogens is 210 g/mol. The van der Waals surface area contributed by atoms with Crippen LogP contribution in [0.25, 0.3) is 0 Å². The van der Waals surface area contributed by atoms with Crippen LogP contribution in [0.2, 0.25) is 0 Å². The van der Waals surface area contributed by atoms with E-state index in [-0.39, 0.29) is 0 Å². The van der Waals surface area contributed by atoms with Gasteiger partial charge in [-0.3, -0.25) is 4.98 Å². The molecule has 1 aromatic rings. The summed E-state index contributed by atoms with van der Waals surface area (Å²) in [6.07, 6.45) is 5.51. The van der Waals surface area contributed by atoms with Gasteiger partial charge in [0.1, 0.15) is 0 Å². The standard InChI is InChI=1S/C14H23N3/c1-2-5-14-12-17(11-9-16-14)10-7-13-6-3-4-8-15-13/h3-4,6,8,14,16H,2,5,7,9-12H2,1H3. The largest absolute Gasteiger partial charge is 0.311 e. The summed E-state index contributed by atoms with van der Waals surface area (Å²) in [4.78, 5) is 6.94. The lowest BCUT2D eigenvalue weighted by molar-refractivity contribution is 0.195. The van der Waals surface area contributed by atoms with Gasteiger partial charge >= 0.3 is 0 Å². The van der Waals surface area contributed by atoms with Gasteiger partial charge in [0.2, 0.25) is 0 Å². The predicted octanol–water partition coefficient (Wildman–Crippen LogP) is 1.70. The van der Waals surface area contributed by atoms with E-state index in [1.54, 1.807) is 0 Å². The highest BCUT2D eigenvalue weighted by atomic mass is 15.2. The van der Waals surface area contributed by atoms with Gasteiger partial charge < -0.3 is 10.2 Å². The molecule has 1 saturated heterocycles. The van der Waals surface area contributed by atoms with Crippen LogP contribution in [0.4, 0.5) is 0 Å². The molecule has 2 heterocycles. The van der Waals surface area contributed by atoms with Crippen molar-refractivity contribution in [3.63, 3.8) is 0 Å². The lowest BCUT2D eigenvalue weighted by atomic mass is 10.1. The first-order chi connectivity index (χ1) is 8.38. The third-order valence-corrected chi connectivity index (χ3v) is 3.39. The van der Waals surface area contributed by atoms with E-state index in [0.29, 0.717) is 6.04 Å². The zero-order valence-electron chi connectivity index (χ0n) is 10.7. The van der Waals surface area contributed by atoms with Gasteiger partial charge in [0.15, 0.2) is 0 Å². The zero-order chi connectivity index (χ0) is 11.9. The van der Waals surface area contributed by atoms with E-state index >= 15 is 0 Å². The molecule has 0 bridgehead atoms. The second-order valence-electron chi connectivity index (χ2n) is 4.81. The molecule has 1 aliphatic rings. The molecule has 17 heavy (non-hydrogen) atoms. The molecule has 0 aromatic carbocycles. The fourth-order valence-corrected chi connectivity index (χ4v) is 2.46. The molecule has 0 radical (unpaired) electrons. The molecule has 3 heteroatoms. The molecule has 0 spiro atoms. The minimum atomic E-state index is 0.692. The summed E-state index contributed by atoms with van der Waals surface area (Å²) >= 11 is 0. The summed E-state index contributed by atoms with van der Waals surface area (Å²) in [6, 6.07) is 6.86. The Bertz CT molecular complexity index is 311. The Hall–Kier alpha value is -0.930. The van der Waals surface area contributed by atoms with Crippen molar-refractivity contribution in [1.29, 1.82) is 0 Å². The maximum Gasteiger partial charge on any atom is 0.0416 e. The van der Waals surface area contributed by atoms with E-state index in [9.17, 15) is 0 Å². The normalized spacial score (nSPS) is 21.6. The van der Waals surface area contributed by atoms with Crippen LogP contribution in [0.3, 0.4) is 0 Å². The summed E-state index contributed by atoms with van der Waals surface area (Å²) in [5.74, 6) is 0. The van der Waals surface area contributed by atoms with Gasteiger partial charge in [-0.2, -0.15) is 0 Å². The molecule has 2 rings (SSSR count). The van der Waals surface area contributed by atoms with Gasteiger partial charge in [0.05, 0.1) is 0 Å². The lowest BCUT2D eigenvalue weighted by Gasteiger charge is -2.33. The van der Waals surface area contributed by atoms with Crippen LogP contribution in [0, 0.1) is 0 Å². The van der Waals surface area contributed by atoms with Crippen molar-refractivity contribution in [2.45, 2.75) is 32.2 Å². The Morgan fingerprint density at radius 2 is 2.41 bits per heavy atom. The number of pyridine rings is 1. The van der Waals surface area contributed by atoms with E-state index in [2.05, 4.69) is 34.3 Å². The first-order valence-electron chi connectivity index (χ1n) is 6.74. The number of piperazine rings is 1. The highest BCUT2D eigenvalue weighted by molar-refractivity contribution is 5.03. The quantitative estimate of drug-likeness (QED) is 0.839. The van der Waals surface area contributed by atoms with E-state index in [4.69, 9.17) is 0 Å². The van der Waals surface area contributed by atoms with Gasteiger partial charge in [0.25, 0.3) is 0 Å². The fraction of sp³-hybridized carbons (Fsp3) is 0.643. The van der Waals surface area contributed by atoms with E-state index in [1.165, 1.54) is 31.6 Å². The third-order valence-electron chi connectivity index (χ3n) is 3.39. The Labute approximate surface area is 104 Å². The minimum absolute atomic E-state index is 0.692. The van der Waals surface area contributed by atoms with E-state index < -0.39 is 0 Å². The molecule has 0 saturated carbocycles. The first kappa shape index (κ1) is 12.5. The smallest absolute Gasteiger partial charge is 0.0416 e. The molecule has 1 aliphatic heterocycles. The third kappa shape index (κ3) is 4.10. The van der Waals surface area contributed by atoms with Gasteiger partial charge in [-0.25, -0.2) is 0 Å². The minimum Gasteiger partial charge on any atom is -0.311 e. The molecule has 1 fully saturated rings. The van der Waals surface area contributed by atoms with Crippen molar-refractivity contribution in [3.8, 4) is 0 Å². The maximum atomic E-state index is 4.38. The Kier molecular flexibility index (Phi) is 4.95. The van der Waals surface area contributed by atoms with Gasteiger partial charge in [-0.1, -0.05) is 19.4 Å². The van der Waals surface area contributed by atoms with E-state index in [0.717, 1.165) is 19.5 Å². The Morgan fingerprint density at radius 1 is 1.47 bits per heavy atom. The number of nitrogens with one attached hydrogen (secondary N) is 1. The molecule has 1 aromatic heterocycles.